The Morgan fingerprint density at radius 3 is 2.60 bits per heavy atom. The first-order valence-corrected chi connectivity index (χ1v) is 1.04. The van der Waals surface area contributed by atoms with Crippen molar-refractivity contribution < 1.29 is 5.21 Å². The Labute approximate surface area is 30.1 Å². The fourth-order valence-electron chi connectivity index (χ4n) is 0.0333. The summed E-state index contributed by atoms with van der Waals surface area (Å²) in [5.74, 6) is 1.98. The molecule has 0 atom stereocenters. The first-order valence-electron chi connectivity index (χ1n) is 1.04. The molecule has 0 rings (SSSR count). The number of oxime groups is 1. The lowest BCUT2D eigenvalue weighted by Gasteiger charge is -1.55. The molecular weight excluding hydrogens is 66.0 g/mol. The van der Waals surface area contributed by atoms with E-state index in [-0.39, 0.29) is 0 Å². The van der Waals surface area contributed by atoms with Crippen molar-refractivity contribution in [3.05, 3.63) is 0 Å². The van der Waals surface area contributed by atoms with E-state index < -0.39 is 0 Å². The first kappa shape index (κ1) is 4.03. The van der Waals surface area contributed by atoms with E-state index in [9.17, 15) is 0 Å². The van der Waals surface area contributed by atoms with Crippen molar-refractivity contribution in [1.82, 2.24) is 0 Å². The van der Waals surface area contributed by atoms with Gasteiger partial charge in [0.1, 0.15) is 6.21 Å². The molecule has 0 amide bonds. The SMILES string of the molecule is C#C/C=N/O. The van der Waals surface area contributed by atoms with Gasteiger partial charge in [0.05, 0.1) is 0 Å². The van der Waals surface area contributed by atoms with E-state index in [2.05, 4.69) is 11.6 Å². The molecule has 0 unspecified atom stereocenters. The number of terminal acetylenes is 1. The van der Waals surface area contributed by atoms with E-state index in [1.165, 1.54) is 0 Å². The standard InChI is InChI=1S/C3H3NO/c1-2-3-4-5/h1,3,5H/b4-3+. The quantitative estimate of drug-likeness (QED) is 0.186. The summed E-state index contributed by atoms with van der Waals surface area (Å²) < 4.78 is 0. The fraction of sp³-hybridized carbons (Fsp3) is 0. The summed E-state index contributed by atoms with van der Waals surface area (Å²) in [6.45, 7) is 0. The van der Waals surface area contributed by atoms with Crippen molar-refractivity contribution in [3.63, 3.8) is 0 Å². The monoisotopic (exact) mass is 69.0 g/mol. The summed E-state index contributed by atoms with van der Waals surface area (Å²) in [6, 6.07) is 0. The Morgan fingerprint density at radius 1 is 2.00 bits per heavy atom. The van der Waals surface area contributed by atoms with Crippen LogP contribution in [0.2, 0.25) is 0 Å². The number of hydrogen-bond acceptors (Lipinski definition) is 2. The topological polar surface area (TPSA) is 32.6 Å². The van der Waals surface area contributed by atoms with Crippen molar-refractivity contribution in [2.24, 2.45) is 5.16 Å². The molecule has 0 radical (unpaired) electrons. The van der Waals surface area contributed by atoms with Gasteiger partial charge in [-0.1, -0.05) is 11.1 Å². The summed E-state index contributed by atoms with van der Waals surface area (Å²) >= 11 is 0. The van der Waals surface area contributed by atoms with Crippen molar-refractivity contribution in [2.45, 2.75) is 0 Å². The number of hydrogen-bond donors (Lipinski definition) is 1. The van der Waals surface area contributed by atoms with Crippen LogP contribution in [0.5, 0.6) is 0 Å². The zero-order valence-corrected chi connectivity index (χ0v) is 2.55. The normalized spacial score (nSPS) is 7.80. The van der Waals surface area contributed by atoms with Crippen LogP contribution in [-0.4, -0.2) is 11.4 Å². The van der Waals surface area contributed by atoms with Gasteiger partial charge < -0.3 is 5.21 Å². The highest BCUT2D eigenvalue weighted by Gasteiger charge is 1.43. The van der Waals surface area contributed by atoms with E-state index in [4.69, 9.17) is 5.21 Å². The molecule has 5 heavy (non-hydrogen) atoms. The number of rotatable bonds is 0. The Hall–Kier alpha value is -0.970. The average molecular weight is 69.1 g/mol. The van der Waals surface area contributed by atoms with Crippen LogP contribution in [0.4, 0.5) is 0 Å². The second-order valence-electron chi connectivity index (χ2n) is 0.411. The molecule has 0 saturated carbocycles. The van der Waals surface area contributed by atoms with Crippen molar-refractivity contribution >= 4 is 6.21 Å². The maximum atomic E-state index is 7.49. The van der Waals surface area contributed by atoms with Crippen LogP contribution in [0.15, 0.2) is 5.16 Å². The minimum Gasteiger partial charge on any atom is -0.410 e. The molecule has 2 nitrogen and oxygen atoms in total. The molecule has 0 aromatic heterocycles. The van der Waals surface area contributed by atoms with Crippen LogP contribution >= 0.6 is 0 Å². The zero-order valence-electron chi connectivity index (χ0n) is 2.55. The molecule has 0 fully saturated rings. The maximum absolute atomic E-state index is 7.49. The largest absolute Gasteiger partial charge is 0.410 e. The van der Waals surface area contributed by atoms with Crippen LogP contribution in [0, 0.1) is 12.3 Å². The highest BCUT2D eigenvalue weighted by atomic mass is 16.4. The molecule has 0 aromatic rings. The van der Waals surface area contributed by atoms with Gasteiger partial charge in [-0.2, -0.15) is 0 Å². The molecule has 0 aliphatic heterocycles. The molecule has 0 spiro atoms. The second kappa shape index (κ2) is 3.03. The van der Waals surface area contributed by atoms with Crippen molar-refractivity contribution in [3.8, 4) is 12.3 Å². The van der Waals surface area contributed by atoms with Gasteiger partial charge in [0, 0.05) is 0 Å². The lowest BCUT2D eigenvalue weighted by molar-refractivity contribution is 0.322. The van der Waals surface area contributed by atoms with E-state index in [1.54, 1.807) is 0 Å². The van der Waals surface area contributed by atoms with Crippen molar-refractivity contribution in [1.29, 1.82) is 0 Å². The molecule has 0 saturated heterocycles. The summed E-state index contributed by atoms with van der Waals surface area (Å²) in [5.41, 5.74) is 0. The van der Waals surface area contributed by atoms with Gasteiger partial charge in [0.25, 0.3) is 0 Å². The van der Waals surface area contributed by atoms with Crippen LogP contribution in [0.1, 0.15) is 0 Å². The van der Waals surface area contributed by atoms with Crippen LogP contribution in [0.3, 0.4) is 0 Å². The Morgan fingerprint density at radius 2 is 2.60 bits per heavy atom. The molecular formula is C3H3NO. The molecule has 2 heteroatoms. The van der Waals surface area contributed by atoms with Crippen LogP contribution < -0.4 is 0 Å². The van der Waals surface area contributed by atoms with Gasteiger partial charge >= 0.3 is 0 Å². The Kier molecular flexibility index (Phi) is 2.44. The van der Waals surface area contributed by atoms with Crippen molar-refractivity contribution in [2.75, 3.05) is 0 Å². The fourth-order valence-corrected chi connectivity index (χ4v) is 0.0333. The van der Waals surface area contributed by atoms with E-state index in [1.807, 2.05) is 5.92 Å². The zero-order chi connectivity index (χ0) is 4.12. The minimum atomic E-state index is 0.958. The van der Waals surface area contributed by atoms with Gasteiger partial charge in [-0.25, -0.2) is 0 Å². The number of nitrogens with zero attached hydrogens (tertiary/aromatic N) is 1. The lowest BCUT2D eigenvalue weighted by atomic mass is 10.8. The summed E-state index contributed by atoms with van der Waals surface area (Å²) in [6.07, 6.45) is 5.54. The third-order valence-electron chi connectivity index (χ3n) is 0.132. The van der Waals surface area contributed by atoms with Crippen LogP contribution in [-0.2, 0) is 0 Å². The second-order valence-corrected chi connectivity index (χ2v) is 0.411. The molecule has 0 bridgehead atoms. The average Bonchev–Trinajstić information content (AvgIpc) is 1.41. The maximum Gasteiger partial charge on any atom is 0.116 e. The summed E-state index contributed by atoms with van der Waals surface area (Å²) in [7, 11) is 0. The highest BCUT2D eigenvalue weighted by Crippen LogP contribution is 1.40. The minimum absolute atomic E-state index is 0.958. The van der Waals surface area contributed by atoms with Gasteiger partial charge in [0.15, 0.2) is 0 Å². The van der Waals surface area contributed by atoms with Gasteiger partial charge in [-0.3, -0.25) is 0 Å². The van der Waals surface area contributed by atoms with E-state index in [0.717, 1.165) is 6.21 Å². The molecule has 0 heterocycles. The van der Waals surface area contributed by atoms with Crippen LogP contribution in [0.25, 0.3) is 0 Å². The Balaban J connectivity index is 3.04. The highest BCUT2D eigenvalue weighted by molar-refractivity contribution is 5.76. The first-order chi connectivity index (χ1) is 2.41. The third-order valence-corrected chi connectivity index (χ3v) is 0.132. The summed E-state index contributed by atoms with van der Waals surface area (Å²) in [4.78, 5) is 0. The van der Waals surface area contributed by atoms with Gasteiger partial charge in [-0.15, -0.1) is 6.42 Å². The predicted octanol–water partition coefficient (Wildman–Crippen LogP) is 0.0796. The molecule has 0 aliphatic carbocycles. The molecule has 0 aliphatic rings. The summed E-state index contributed by atoms with van der Waals surface area (Å²) in [5, 5.41) is 9.99. The molecule has 1 N–H and O–H groups in total. The van der Waals surface area contributed by atoms with Gasteiger partial charge in [-0.05, 0) is 0 Å². The predicted molar refractivity (Wildman–Crippen MR) is 19.1 cm³/mol. The molecule has 0 aromatic carbocycles. The van der Waals surface area contributed by atoms with Gasteiger partial charge in [0.2, 0.25) is 0 Å². The third kappa shape index (κ3) is 3.03. The molecule has 26 valence electrons. The lowest BCUT2D eigenvalue weighted by Crippen LogP contribution is -1.55. The van der Waals surface area contributed by atoms with E-state index >= 15 is 0 Å². The van der Waals surface area contributed by atoms with E-state index in [0.29, 0.717) is 0 Å². The smallest absolute Gasteiger partial charge is 0.116 e. The Bertz CT molecular complexity index is 69.5.